The molecule has 2 aromatic rings. The molecule has 0 aliphatic heterocycles. The minimum Gasteiger partial charge on any atom is -0.353 e. The first-order valence-corrected chi connectivity index (χ1v) is 9.89. The highest BCUT2D eigenvalue weighted by molar-refractivity contribution is 7.71. The van der Waals surface area contributed by atoms with E-state index in [1.807, 2.05) is 18.2 Å². The summed E-state index contributed by atoms with van der Waals surface area (Å²) in [6.07, 6.45) is 4.49. The van der Waals surface area contributed by atoms with E-state index in [2.05, 4.69) is 24.1 Å². The molecule has 26 heavy (non-hydrogen) atoms. The first-order valence-electron chi connectivity index (χ1n) is 9.48. The molecule has 1 aliphatic rings. The van der Waals surface area contributed by atoms with Crippen molar-refractivity contribution in [2.24, 2.45) is 11.8 Å². The number of fused-ring (bicyclic) bond motifs is 1. The van der Waals surface area contributed by atoms with Crippen molar-refractivity contribution in [3.05, 3.63) is 39.4 Å². The Morgan fingerprint density at radius 3 is 2.88 bits per heavy atom. The van der Waals surface area contributed by atoms with E-state index in [1.54, 1.807) is 10.6 Å². The highest BCUT2D eigenvalue weighted by Crippen LogP contribution is 2.29. The lowest BCUT2D eigenvalue weighted by Gasteiger charge is -2.34. The van der Waals surface area contributed by atoms with Crippen LogP contribution in [-0.4, -0.2) is 21.5 Å². The van der Waals surface area contributed by atoms with Crippen LogP contribution in [0.5, 0.6) is 0 Å². The molecular weight excluding hydrogens is 346 g/mol. The van der Waals surface area contributed by atoms with Crippen LogP contribution in [-0.2, 0) is 11.3 Å². The van der Waals surface area contributed by atoms with Crippen LogP contribution in [0.2, 0.25) is 0 Å². The number of amides is 1. The van der Waals surface area contributed by atoms with Crippen molar-refractivity contribution in [3.63, 3.8) is 0 Å². The van der Waals surface area contributed by atoms with Crippen molar-refractivity contribution < 1.29 is 4.79 Å². The maximum absolute atomic E-state index is 12.6. The maximum Gasteiger partial charge on any atom is 0.262 e. The molecule has 1 amide bonds. The fraction of sp³-hybridized carbons (Fsp3) is 0.550. The Labute approximate surface area is 158 Å². The molecule has 140 valence electrons. The monoisotopic (exact) mass is 373 g/mol. The molecule has 2 N–H and O–H groups in total. The predicted molar refractivity (Wildman–Crippen MR) is 107 cm³/mol. The van der Waals surface area contributed by atoms with Gasteiger partial charge < -0.3 is 10.3 Å². The van der Waals surface area contributed by atoms with Crippen molar-refractivity contribution in [2.45, 2.75) is 58.5 Å². The average molecular weight is 374 g/mol. The third kappa shape index (κ3) is 4.06. The van der Waals surface area contributed by atoms with Gasteiger partial charge in [0.2, 0.25) is 5.91 Å². The smallest absolute Gasteiger partial charge is 0.262 e. The third-order valence-corrected chi connectivity index (χ3v) is 6.05. The standard InChI is InChI=1S/C20H27N3O2S/c1-13-7-5-10-16(14(13)2)21-18(24)11-6-12-23-19(25)15-8-3-4-9-17(15)22-20(23)26/h3-4,8-9,13-14,16H,5-7,10-12H2,1-2H3,(H,21,24)(H,22,26)/t13-,14+,16+/m1/s1. The van der Waals surface area contributed by atoms with Crippen LogP contribution in [0.1, 0.15) is 46.0 Å². The summed E-state index contributed by atoms with van der Waals surface area (Å²) in [4.78, 5) is 28.0. The molecule has 3 rings (SSSR count). The van der Waals surface area contributed by atoms with Crippen LogP contribution >= 0.6 is 12.2 Å². The zero-order valence-electron chi connectivity index (χ0n) is 15.5. The summed E-state index contributed by atoms with van der Waals surface area (Å²) in [6, 6.07) is 7.62. The van der Waals surface area contributed by atoms with Crippen molar-refractivity contribution in [2.75, 3.05) is 0 Å². The van der Waals surface area contributed by atoms with E-state index >= 15 is 0 Å². The van der Waals surface area contributed by atoms with Gasteiger partial charge in [-0.15, -0.1) is 0 Å². The number of carbonyl (C=O) groups excluding carboxylic acids is 1. The van der Waals surface area contributed by atoms with E-state index < -0.39 is 0 Å². The first-order chi connectivity index (χ1) is 12.5. The number of para-hydroxylation sites is 1. The van der Waals surface area contributed by atoms with Gasteiger partial charge in [-0.25, -0.2) is 0 Å². The number of hydrogen-bond acceptors (Lipinski definition) is 3. The zero-order chi connectivity index (χ0) is 18.7. The normalized spacial score (nSPS) is 23.1. The second-order valence-electron chi connectivity index (χ2n) is 7.48. The number of nitrogens with zero attached hydrogens (tertiary/aromatic N) is 1. The molecule has 5 nitrogen and oxygen atoms in total. The fourth-order valence-electron chi connectivity index (χ4n) is 3.86. The zero-order valence-corrected chi connectivity index (χ0v) is 16.3. The number of nitrogens with one attached hydrogen (secondary N) is 2. The molecule has 1 aromatic heterocycles. The van der Waals surface area contributed by atoms with E-state index in [9.17, 15) is 9.59 Å². The number of benzene rings is 1. The Morgan fingerprint density at radius 1 is 1.31 bits per heavy atom. The largest absolute Gasteiger partial charge is 0.353 e. The topological polar surface area (TPSA) is 66.9 Å². The van der Waals surface area contributed by atoms with Gasteiger partial charge >= 0.3 is 0 Å². The summed E-state index contributed by atoms with van der Waals surface area (Å²) in [5, 5.41) is 3.80. The average Bonchev–Trinajstić information content (AvgIpc) is 2.62. The number of H-pyrrole nitrogens is 1. The number of rotatable bonds is 5. The van der Waals surface area contributed by atoms with E-state index in [1.165, 1.54) is 12.8 Å². The molecular formula is C20H27N3O2S. The van der Waals surface area contributed by atoms with Gasteiger partial charge in [0.25, 0.3) is 5.56 Å². The molecule has 6 heteroatoms. The molecule has 3 atom stereocenters. The van der Waals surface area contributed by atoms with E-state index in [-0.39, 0.29) is 17.5 Å². The van der Waals surface area contributed by atoms with Gasteiger partial charge in [-0.1, -0.05) is 38.8 Å². The van der Waals surface area contributed by atoms with Gasteiger partial charge in [-0.05, 0) is 49.0 Å². The molecule has 1 aromatic carbocycles. The van der Waals surface area contributed by atoms with Gasteiger partial charge in [0.1, 0.15) is 0 Å². The van der Waals surface area contributed by atoms with Crippen molar-refractivity contribution >= 4 is 29.0 Å². The van der Waals surface area contributed by atoms with Crippen LogP contribution in [0, 0.1) is 16.6 Å². The number of aromatic amines is 1. The summed E-state index contributed by atoms with van der Waals surface area (Å²) in [6.45, 7) is 4.93. The lowest BCUT2D eigenvalue weighted by Crippen LogP contribution is -2.43. The minimum absolute atomic E-state index is 0.0692. The number of hydrogen-bond donors (Lipinski definition) is 2. The Balaban J connectivity index is 1.60. The molecule has 0 unspecified atom stereocenters. The summed E-state index contributed by atoms with van der Waals surface area (Å²) in [7, 11) is 0. The Hall–Kier alpha value is -1.95. The number of carbonyl (C=O) groups is 1. The molecule has 0 radical (unpaired) electrons. The van der Waals surface area contributed by atoms with Crippen LogP contribution in [0.3, 0.4) is 0 Å². The van der Waals surface area contributed by atoms with Crippen LogP contribution in [0.15, 0.2) is 29.1 Å². The first kappa shape index (κ1) is 18.8. The lowest BCUT2D eigenvalue weighted by molar-refractivity contribution is -0.122. The van der Waals surface area contributed by atoms with E-state index in [4.69, 9.17) is 12.2 Å². The molecule has 1 aliphatic carbocycles. The van der Waals surface area contributed by atoms with Gasteiger partial charge in [0.15, 0.2) is 4.77 Å². The van der Waals surface area contributed by atoms with Gasteiger partial charge in [0.05, 0.1) is 10.9 Å². The maximum atomic E-state index is 12.6. The van der Waals surface area contributed by atoms with Crippen LogP contribution in [0.4, 0.5) is 0 Å². The van der Waals surface area contributed by atoms with Gasteiger partial charge in [0, 0.05) is 19.0 Å². The van der Waals surface area contributed by atoms with E-state index in [0.717, 1.165) is 11.9 Å². The quantitative estimate of drug-likeness (QED) is 0.784. The Kier molecular flexibility index (Phi) is 5.91. The Morgan fingerprint density at radius 2 is 2.08 bits per heavy atom. The Bertz CT molecular complexity index is 902. The van der Waals surface area contributed by atoms with Crippen LogP contribution < -0.4 is 10.9 Å². The van der Waals surface area contributed by atoms with Crippen molar-refractivity contribution in [1.82, 2.24) is 14.9 Å². The predicted octanol–water partition coefficient (Wildman–Crippen LogP) is 3.78. The fourth-order valence-corrected chi connectivity index (χ4v) is 4.15. The minimum atomic E-state index is -0.0977. The molecule has 0 spiro atoms. The highest BCUT2D eigenvalue weighted by atomic mass is 32.1. The molecule has 0 saturated heterocycles. The molecule has 0 bridgehead atoms. The second kappa shape index (κ2) is 8.16. The summed E-state index contributed by atoms with van der Waals surface area (Å²) >= 11 is 5.31. The van der Waals surface area contributed by atoms with Crippen LogP contribution in [0.25, 0.3) is 10.9 Å². The van der Waals surface area contributed by atoms with E-state index in [0.29, 0.717) is 41.4 Å². The highest BCUT2D eigenvalue weighted by Gasteiger charge is 2.27. The summed E-state index contributed by atoms with van der Waals surface area (Å²) < 4.78 is 1.96. The molecule has 1 fully saturated rings. The molecule has 1 saturated carbocycles. The van der Waals surface area contributed by atoms with Crippen molar-refractivity contribution in [3.8, 4) is 0 Å². The SMILES string of the molecule is C[C@H]1[C@H](C)CCC[C@@H]1NC(=O)CCCn1c(=S)[nH]c2ccccc2c1=O. The van der Waals surface area contributed by atoms with Gasteiger partial charge in [-0.3, -0.25) is 14.2 Å². The second-order valence-corrected chi connectivity index (χ2v) is 7.86. The number of aromatic nitrogens is 2. The summed E-state index contributed by atoms with van der Waals surface area (Å²) in [5.74, 6) is 1.24. The summed E-state index contributed by atoms with van der Waals surface area (Å²) in [5.41, 5.74) is 0.649. The third-order valence-electron chi connectivity index (χ3n) is 5.73. The lowest BCUT2D eigenvalue weighted by atomic mass is 9.78. The van der Waals surface area contributed by atoms with Crippen molar-refractivity contribution in [1.29, 1.82) is 0 Å². The molecule has 1 heterocycles. The van der Waals surface area contributed by atoms with Gasteiger partial charge in [-0.2, -0.15) is 0 Å².